The molecule has 0 aromatic rings. The van der Waals surface area contributed by atoms with Crippen LogP contribution in [0.5, 0.6) is 0 Å². The monoisotopic (exact) mass is 674 g/mol. The SMILES string of the molecule is C#CCCCC1OC(=O)C(C(C)C)N(C)C(=O)C2CCCN2C(=O)C(C(C)C)OC(=O)C(C(C)C)N(C)C(=O)C(C(C)C)NC(=O)C1C. The number of rotatable bonds is 7. The minimum Gasteiger partial charge on any atom is -0.460 e. The second kappa shape index (κ2) is 17.7. The molecule has 12 nitrogen and oxygen atoms in total. The highest BCUT2D eigenvalue weighted by atomic mass is 16.6. The van der Waals surface area contributed by atoms with Gasteiger partial charge >= 0.3 is 11.9 Å². The molecule has 1 N–H and O–H groups in total. The van der Waals surface area contributed by atoms with Crippen LogP contribution in [-0.2, 0) is 38.2 Å². The predicted octanol–water partition coefficient (Wildman–Crippen LogP) is 3.02. The second-order valence-corrected chi connectivity index (χ2v) is 14.7. The summed E-state index contributed by atoms with van der Waals surface area (Å²) in [6, 6.07) is -3.95. The van der Waals surface area contributed by atoms with Crippen LogP contribution in [0.1, 0.15) is 94.4 Å². The van der Waals surface area contributed by atoms with Crippen molar-refractivity contribution in [1.82, 2.24) is 20.0 Å². The van der Waals surface area contributed by atoms with Crippen molar-refractivity contribution in [1.29, 1.82) is 0 Å². The summed E-state index contributed by atoms with van der Waals surface area (Å²) in [5, 5.41) is 2.84. The zero-order chi connectivity index (χ0) is 36.6. The third-order valence-corrected chi connectivity index (χ3v) is 9.47. The summed E-state index contributed by atoms with van der Waals surface area (Å²) in [4.78, 5) is 87.5. The highest BCUT2D eigenvalue weighted by Gasteiger charge is 2.45. The van der Waals surface area contributed by atoms with Crippen LogP contribution in [0.15, 0.2) is 0 Å². The summed E-state index contributed by atoms with van der Waals surface area (Å²) in [6.07, 6.45) is 5.48. The van der Waals surface area contributed by atoms with Crippen molar-refractivity contribution in [2.24, 2.45) is 29.6 Å². The molecule has 0 aliphatic carbocycles. The molecule has 2 heterocycles. The van der Waals surface area contributed by atoms with E-state index in [9.17, 15) is 28.8 Å². The topological polar surface area (TPSA) is 143 Å². The first-order valence-electron chi connectivity index (χ1n) is 17.4. The molecule has 7 atom stereocenters. The van der Waals surface area contributed by atoms with E-state index < -0.39 is 89.7 Å². The molecule has 270 valence electrons. The van der Waals surface area contributed by atoms with Crippen LogP contribution in [0.25, 0.3) is 0 Å². The molecule has 0 aromatic carbocycles. The number of terminal acetylenes is 1. The molecule has 2 rings (SSSR count). The van der Waals surface area contributed by atoms with Crippen LogP contribution in [0.2, 0.25) is 0 Å². The van der Waals surface area contributed by atoms with E-state index in [0.717, 1.165) is 0 Å². The van der Waals surface area contributed by atoms with Crippen molar-refractivity contribution in [2.45, 2.75) is 131 Å². The van der Waals surface area contributed by atoms with Gasteiger partial charge in [0.15, 0.2) is 6.10 Å². The van der Waals surface area contributed by atoms with Gasteiger partial charge in [0, 0.05) is 27.1 Å². The molecular formula is C36H58N4O8. The molecule has 0 radical (unpaired) electrons. The Morgan fingerprint density at radius 1 is 0.792 bits per heavy atom. The minimum absolute atomic E-state index is 0.283. The minimum atomic E-state index is -1.21. The van der Waals surface area contributed by atoms with Crippen molar-refractivity contribution in [3.8, 4) is 12.3 Å². The normalized spacial score (nSPS) is 29.0. The van der Waals surface area contributed by atoms with Gasteiger partial charge < -0.3 is 29.5 Å². The zero-order valence-corrected chi connectivity index (χ0v) is 30.8. The van der Waals surface area contributed by atoms with E-state index in [1.165, 1.54) is 28.8 Å². The van der Waals surface area contributed by atoms with E-state index in [-0.39, 0.29) is 24.8 Å². The summed E-state index contributed by atoms with van der Waals surface area (Å²) in [5.74, 6) is -3.23. The Morgan fingerprint density at radius 3 is 1.83 bits per heavy atom. The molecule has 0 aromatic heterocycles. The van der Waals surface area contributed by atoms with Crippen LogP contribution < -0.4 is 5.32 Å². The number of hydrogen-bond acceptors (Lipinski definition) is 8. The highest BCUT2D eigenvalue weighted by Crippen LogP contribution is 2.27. The first-order valence-corrected chi connectivity index (χ1v) is 17.4. The number of ether oxygens (including phenoxy) is 2. The quantitative estimate of drug-likeness (QED) is 0.247. The lowest BCUT2D eigenvalue weighted by molar-refractivity contribution is -0.172. The van der Waals surface area contributed by atoms with Crippen LogP contribution in [0.4, 0.5) is 0 Å². The number of nitrogens with one attached hydrogen (secondary N) is 1. The number of hydrogen-bond donors (Lipinski definition) is 1. The third-order valence-electron chi connectivity index (χ3n) is 9.47. The summed E-state index contributed by atoms with van der Waals surface area (Å²) in [6.45, 7) is 16.1. The largest absolute Gasteiger partial charge is 0.460 e. The summed E-state index contributed by atoms with van der Waals surface area (Å²) < 4.78 is 11.9. The Hall–Kier alpha value is -3.62. The Labute approximate surface area is 287 Å². The Morgan fingerprint density at radius 2 is 1.33 bits per heavy atom. The zero-order valence-electron chi connectivity index (χ0n) is 30.8. The number of carbonyl (C=O) groups is 6. The van der Waals surface area contributed by atoms with E-state index in [1.807, 2.05) is 0 Å². The van der Waals surface area contributed by atoms with Crippen LogP contribution in [0, 0.1) is 41.9 Å². The second-order valence-electron chi connectivity index (χ2n) is 14.7. The van der Waals surface area contributed by atoms with E-state index in [1.54, 1.807) is 62.3 Å². The predicted molar refractivity (Wildman–Crippen MR) is 181 cm³/mol. The van der Waals surface area contributed by atoms with Crippen LogP contribution >= 0.6 is 0 Å². The van der Waals surface area contributed by atoms with Crippen LogP contribution in [0.3, 0.4) is 0 Å². The Kier molecular flexibility index (Phi) is 14.9. The lowest BCUT2D eigenvalue weighted by Crippen LogP contribution is -2.57. The molecule has 7 unspecified atom stereocenters. The van der Waals surface area contributed by atoms with Crippen molar-refractivity contribution in [3.63, 3.8) is 0 Å². The molecule has 2 fully saturated rings. The smallest absolute Gasteiger partial charge is 0.329 e. The van der Waals surface area contributed by atoms with Gasteiger partial charge in [-0.15, -0.1) is 12.3 Å². The number of likely N-dealkylation sites (N-methyl/N-ethyl adjacent to an activating group) is 2. The van der Waals surface area contributed by atoms with E-state index in [0.29, 0.717) is 25.7 Å². The maximum atomic E-state index is 14.0. The number of cyclic esters (lactones) is 2. The number of unbranched alkanes of at least 4 members (excludes halogenated alkanes) is 1. The third kappa shape index (κ3) is 9.50. The van der Waals surface area contributed by atoms with Crippen LogP contribution in [-0.4, -0.2) is 107 Å². The lowest BCUT2D eigenvalue weighted by Gasteiger charge is -2.36. The fraction of sp³-hybridized carbons (Fsp3) is 0.778. The van der Waals surface area contributed by atoms with Crippen molar-refractivity contribution in [3.05, 3.63) is 0 Å². The molecule has 4 amide bonds. The molecular weight excluding hydrogens is 616 g/mol. The van der Waals surface area contributed by atoms with E-state index >= 15 is 0 Å². The van der Waals surface area contributed by atoms with Gasteiger partial charge in [-0.2, -0.15) is 0 Å². The van der Waals surface area contributed by atoms with Gasteiger partial charge in [0.1, 0.15) is 30.3 Å². The molecule has 0 saturated carbocycles. The molecule has 2 aliphatic rings. The van der Waals surface area contributed by atoms with Crippen molar-refractivity contribution >= 4 is 35.6 Å². The average molecular weight is 675 g/mol. The Bertz CT molecular complexity index is 1220. The number of esters is 2. The molecule has 12 heteroatoms. The average Bonchev–Trinajstić information content (AvgIpc) is 3.49. The number of carbonyl (C=O) groups excluding carboxylic acids is 6. The number of nitrogens with zero attached hydrogens (tertiary/aromatic N) is 3. The van der Waals surface area contributed by atoms with E-state index in [2.05, 4.69) is 11.2 Å². The first kappa shape index (κ1) is 40.6. The molecule has 0 bridgehead atoms. The van der Waals surface area contributed by atoms with E-state index in [4.69, 9.17) is 15.9 Å². The van der Waals surface area contributed by atoms with Gasteiger partial charge in [0.05, 0.1) is 5.92 Å². The van der Waals surface area contributed by atoms with Crippen molar-refractivity contribution < 1.29 is 38.2 Å². The van der Waals surface area contributed by atoms with Gasteiger partial charge in [-0.05, 0) is 49.4 Å². The fourth-order valence-electron chi connectivity index (χ4n) is 6.60. The van der Waals surface area contributed by atoms with Gasteiger partial charge in [0.2, 0.25) is 17.7 Å². The number of fused-ring (bicyclic) bond motifs is 1. The van der Waals surface area contributed by atoms with Crippen molar-refractivity contribution in [2.75, 3.05) is 20.6 Å². The lowest BCUT2D eigenvalue weighted by atomic mass is 9.95. The van der Waals surface area contributed by atoms with Gasteiger partial charge in [-0.3, -0.25) is 19.2 Å². The Balaban J connectivity index is 2.71. The molecule has 2 aliphatic heterocycles. The summed E-state index contributed by atoms with van der Waals surface area (Å²) in [5.41, 5.74) is 0. The molecule has 48 heavy (non-hydrogen) atoms. The maximum Gasteiger partial charge on any atom is 0.329 e. The standard InChI is InChI=1S/C36H58N4O8/c1-13-14-15-18-26-24(10)31(41)37-27(20(2)3)33(43)39(12)29(22(6)7)36(46)48-30(23(8)9)34(44)40-19-16-17-25(40)32(42)38(11)28(21(4)5)35(45)47-26/h1,20-30H,14-19H2,2-12H3,(H,37,41). The maximum absolute atomic E-state index is 14.0. The highest BCUT2D eigenvalue weighted by molar-refractivity contribution is 5.95. The fourth-order valence-corrected chi connectivity index (χ4v) is 6.60. The van der Waals surface area contributed by atoms with Gasteiger partial charge in [0.25, 0.3) is 5.91 Å². The molecule has 2 saturated heterocycles. The van der Waals surface area contributed by atoms with Gasteiger partial charge in [-0.1, -0.05) is 62.3 Å². The summed E-state index contributed by atoms with van der Waals surface area (Å²) in [7, 11) is 3.00. The number of amides is 4. The first-order chi connectivity index (χ1) is 22.4. The summed E-state index contributed by atoms with van der Waals surface area (Å²) >= 11 is 0. The van der Waals surface area contributed by atoms with Gasteiger partial charge in [-0.25, -0.2) is 9.59 Å². The molecule has 0 spiro atoms.